The molecule has 1 atom stereocenters. The molecule has 0 spiro atoms. The zero-order chi connectivity index (χ0) is 7.56. The van der Waals surface area contributed by atoms with Gasteiger partial charge in [-0.2, -0.15) is 5.10 Å². The first-order valence-electron chi connectivity index (χ1n) is 3.23. The number of nitrogens with zero attached hydrogens (tertiary/aromatic N) is 2. The molecule has 0 aliphatic heterocycles. The fourth-order valence-corrected chi connectivity index (χ4v) is 0.702. The highest BCUT2D eigenvalue weighted by molar-refractivity contribution is 5.30. The Balaban J connectivity index is 2.74. The quantitative estimate of drug-likeness (QED) is 0.606. The molecular formula is C6H12N4. The second-order valence-electron chi connectivity index (χ2n) is 2.34. The summed E-state index contributed by atoms with van der Waals surface area (Å²) in [5.74, 6) is 0. The summed E-state index contributed by atoms with van der Waals surface area (Å²) in [6.07, 6.45) is 3.39. The molecule has 0 fully saturated rings. The zero-order valence-corrected chi connectivity index (χ0v) is 5.99. The Morgan fingerprint density at radius 2 is 2.50 bits per heavy atom. The molecule has 0 radical (unpaired) electrons. The van der Waals surface area contributed by atoms with Gasteiger partial charge < -0.3 is 11.5 Å². The molecule has 56 valence electrons. The third-order valence-electron chi connectivity index (χ3n) is 1.41. The molecule has 1 unspecified atom stereocenters. The SMILES string of the molecule is CC(CN)n1cc(N)cn1. The molecule has 0 saturated carbocycles. The van der Waals surface area contributed by atoms with Crippen molar-refractivity contribution in [3.63, 3.8) is 0 Å². The number of aromatic nitrogens is 2. The smallest absolute Gasteiger partial charge is 0.0719 e. The molecule has 0 aliphatic rings. The van der Waals surface area contributed by atoms with Gasteiger partial charge in [-0.15, -0.1) is 0 Å². The second-order valence-corrected chi connectivity index (χ2v) is 2.34. The lowest BCUT2D eigenvalue weighted by Crippen LogP contribution is -2.16. The van der Waals surface area contributed by atoms with Gasteiger partial charge in [0.15, 0.2) is 0 Å². The maximum atomic E-state index is 5.45. The van der Waals surface area contributed by atoms with Crippen molar-refractivity contribution in [3.05, 3.63) is 12.4 Å². The Morgan fingerprint density at radius 3 is 2.90 bits per heavy atom. The Bertz CT molecular complexity index is 205. The van der Waals surface area contributed by atoms with E-state index in [9.17, 15) is 0 Å². The first-order chi connectivity index (χ1) is 4.74. The highest BCUT2D eigenvalue weighted by Crippen LogP contribution is 2.04. The van der Waals surface area contributed by atoms with Gasteiger partial charge in [-0.25, -0.2) is 0 Å². The van der Waals surface area contributed by atoms with Crippen LogP contribution in [0.25, 0.3) is 0 Å². The van der Waals surface area contributed by atoms with Crippen LogP contribution >= 0.6 is 0 Å². The molecule has 0 amide bonds. The lowest BCUT2D eigenvalue weighted by Gasteiger charge is -2.06. The molecule has 0 aromatic carbocycles. The highest BCUT2D eigenvalue weighted by Gasteiger charge is 2.01. The zero-order valence-electron chi connectivity index (χ0n) is 5.99. The standard InChI is InChI=1S/C6H12N4/c1-5(2-7)10-4-6(8)3-9-10/h3-5H,2,7-8H2,1H3. The van der Waals surface area contributed by atoms with Crippen LogP contribution < -0.4 is 11.5 Å². The van der Waals surface area contributed by atoms with Gasteiger partial charge in [0.1, 0.15) is 0 Å². The van der Waals surface area contributed by atoms with Crippen molar-refractivity contribution >= 4 is 5.69 Å². The summed E-state index contributed by atoms with van der Waals surface area (Å²) in [6.45, 7) is 2.58. The molecule has 1 aromatic heterocycles. The van der Waals surface area contributed by atoms with Crippen molar-refractivity contribution in [3.8, 4) is 0 Å². The maximum Gasteiger partial charge on any atom is 0.0719 e. The predicted octanol–water partition coefficient (Wildman–Crippen LogP) is -0.0150. The van der Waals surface area contributed by atoms with Crippen LogP contribution in [-0.2, 0) is 0 Å². The second kappa shape index (κ2) is 2.70. The number of nitrogens with two attached hydrogens (primary N) is 2. The summed E-state index contributed by atoms with van der Waals surface area (Å²) in [6, 6.07) is 0.234. The van der Waals surface area contributed by atoms with E-state index in [-0.39, 0.29) is 6.04 Å². The molecule has 1 rings (SSSR count). The van der Waals surface area contributed by atoms with Gasteiger partial charge in [-0.3, -0.25) is 4.68 Å². The predicted molar refractivity (Wildman–Crippen MR) is 40.4 cm³/mol. The van der Waals surface area contributed by atoms with Crippen molar-refractivity contribution in [2.45, 2.75) is 13.0 Å². The van der Waals surface area contributed by atoms with Gasteiger partial charge in [0.25, 0.3) is 0 Å². The summed E-state index contributed by atoms with van der Waals surface area (Å²) in [4.78, 5) is 0. The van der Waals surface area contributed by atoms with E-state index < -0.39 is 0 Å². The van der Waals surface area contributed by atoms with Gasteiger partial charge >= 0.3 is 0 Å². The van der Waals surface area contributed by atoms with Crippen molar-refractivity contribution in [2.24, 2.45) is 5.73 Å². The van der Waals surface area contributed by atoms with E-state index in [1.165, 1.54) is 0 Å². The monoisotopic (exact) mass is 140 g/mol. The summed E-state index contributed by atoms with van der Waals surface area (Å²) < 4.78 is 1.76. The normalized spacial score (nSPS) is 13.4. The van der Waals surface area contributed by atoms with Crippen molar-refractivity contribution in [2.75, 3.05) is 12.3 Å². The van der Waals surface area contributed by atoms with Gasteiger partial charge in [0, 0.05) is 12.7 Å². The first-order valence-corrected chi connectivity index (χ1v) is 3.23. The minimum atomic E-state index is 0.234. The van der Waals surface area contributed by atoms with Crippen molar-refractivity contribution in [1.29, 1.82) is 0 Å². The molecule has 10 heavy (non-hydrogen) atoms. The van der Waals surface area contributed by atoms with Gasteiger partial charge in [-0.1, -0.05) is 0 Å². The van der Waals surface area contributed by atoms with Gasteiger partial charge in [0.05, 0.1) is 17.9 Å². The molecular weight excluding hydrogens is 128 g/mol. The Hall–Kier alpha value is -1.03. The summed E-state index contributed by atoms with van der Waals surface area (Å²) in [5, 5.41) is 4.00. The fraction of sp³-hybridized carbons (Fsp3) is 0.500. The highest BCUT2D eigenvalue weighted by atomic mass is 15.3. The largest absolute Gasteiger partial charge is 0.396 e. The molecule has 0 bridgehead atoms. The average molecular weight is 140 g/mol. The lowest BCUT2D eigenvalue weighted by atomic mass is 10.3. The van der Waals surface area contributed by atoms with Crippen LogP contribution in [-0.4, -0.2) is 16.3 Å². The van der Waals surface area contributed by atoms with E-state index in [4.69, 9.17) is 11.5 Å². The number of hydrogen-bond acceptors (Lipinski definition) is 3. The summed E-state index contributed by atoms with van der Waals surface area (Å²) in [5.41, 5.74) is 11.5. The topological polar surface area (TPSA) is 69.9 Å². The van der Waals surface area contributed by atoms with Crippen LogP contribution in [0.15, 0.2) is 12.4 Å². The molecule has 1 heterocycles. The van der Waals surface area contributed by atoms with Crippen LogP contribution in [0.4, 0.5) is 5.69 Å². The molecule has 4 N–H and O–H groups in total. The molecule has 0 saturated heterocycles. The van der Waals surface area contributed by atoms with E-state index in [0.29, 0.717) is 12.2 Å². The lowest BCUT2D eigenvalue weighted by molar-refractivity contribution is 0.501. The van der Waals surface area contributed by atoms with Crippen LogP contribution in [0.2, 0.25) is 0 Å². The Labute approximate surface area is 59.8 Å². The molecule has 4 heteroatoms. The third kappa shape index (κ3) is 1.27. The first kappa shape index (κ1) is 7.08. The number of rotatable bonds is 2. The summed E-state index contributed by atoms with van der Waals surface area (Å²) >= 11 is 0. The van der Waals surface area contributed by atoms with Crippen molar-refractivity contribution in [1.82, 2.24) is 9.78 Å². The van der Waals surface area contributed by atoms with Crippen LogP contribution in [0.5, 0.6) is 0 Å². The van der Waals surface area contributed by atoms with E-state index in [1.54, 1.807) is 17.1 Å². The van der Waals surface area contributed by atoms with Crippen molar-refractivity contribution < 1.29 is 0 Å². The maximum absolute atomic E-state index is 5.45. The van der Waals surface area contributed by atoms with E-state index in [1.807, 2.05) is 6.92 Å². The van der Waals surface area contributed by atoms with E-state index in [2.05, 4.69) is 5.10 Å². The van der Waals surface area contributed by atoms with E-state index >= 15 is 0 Å². The summed E-state index contributed by atoms with van der Waals surface area (Å²) in [7, 11) is 0. The fourth-order valence-electron chi connectivity index (χ4n) is 0.702. The number of hydrogen-bond donors (Lipinski definition) is 2. The minimum absolute atomic E-state index is 0.234. The van der Waals surface area contributed by atoms with Gasteiger partial charge in [-0.05, 0) is 6.92 Å². The average Bonchev–Trinajstić information content (AvgIpc) is 2.34. The minimum Gasteiger partial charge on any atom is -0.396 e. The van der Waals surface area contributed by atoms with Crippen LogP contribution in [0.1, 0.15) is 13.0 Å². The van der Waals surface area contributed by atoms with Crippen LogP contribution in [0.3, 0.4) is 0 Å². The molecule has 4 nitrogen and oxygen atoms in total. The number of nitrogen functional groups attached to an aromatic ring is 1. The van der Waals surface area contributed by atoms with E-state index in [0.717, 1.165) is 0 Å². The molecule has 0 aliphatic carbocycles. The third-order valence-corrected chi connectivity index (χ3v) is 1.41. The Kier molecular flexibility index (Phi) is 1.91. The van der Waals surface area contributed by atoms with Gasteiger partial charge in [0.2, 0.25) is 0 Å². The number of anilines is 1. The molecule has 1 aromatic rings. The Morgan fingerprint density at radius 1 is 1.80 bits per heavy atom. The van der Waals surface area contributed by atoms with Crippen LogP contribution in [0, 0.1) is 0 Å².